The summed E-state index contributed by atoms with van der Waals surface area (Å²) < 4.78 is 15.8. The largest absolute Gasteiger partial charge is 0.497 e. The minimum atomic E-state index is -0.672. The predicted octanol–water partition coefficient (Wildman–Crippen LogP) is 3.39. The lowest BCUT2D eigenvalue weighted by molar-refractivity contribution is -0.151. The number of esters is 1. The molecule has 170 valence electrons. The number of methoxy groups -OCH3 is 2. The van der Waals surface area contributed by atoms with Crippen molar-refractivity contribution in [3.05, 3.63) is 60.7 Å². The first-order valence-corrected chi connectivity index (χ1v) is 10.5. The lowest BCUT2D eigenvalue weighted by atomic mass is 10.1. The monoisotopic (exact) mass is 448 g/mol. The van der Waals surface area contributed by atoms with Gasteiger partial charge in [-0.2, -0.15) is 0 Å². The van der Waals surface area contributed by atoms with Gasteiger partial charge in [0.25, 0.3) is 5.91 Å². The quantitative estimate of drug-likeness (QED) is 0.557. The second-order valence-electron chi connectivity index (χ2n) is 7.63. The number of carbonyl (C=O) groups excluding carboxylic acids is 3. The van der Waals surface area contributed by atoms with Crippen LogP contribution in [-0.2, 0) is 19.1 Å². The molecule has 2 amide bonds. The zero-order valence-corrected chi connectivity index (χ0v) is 18.4. The Bertz CT molecular complexity index is 1200. The van der Waals surface area contributed by atoms with Crippen molar-refractivity contribution >= 4 is 39.9 Å². The molecular formula is C25H24N2O6. The van der Waals surface area contributed by atoms with Crippen molar-refractivity contribution in [1.29, 1.82) is 0 Å². The zero-order chi connectivity index (χ0) is 23.4. The third-order valence-electron chi connectivity index (χ3n) is 5.55. The first-order chi connectivity index (χ1) is 16.0. The summed E-state index contributed by atoms with van der Waals surface area (Å²) in [6, 6.07) is 18.3. The van der Waals surface area contributed by atoms with Crippen LogP contribution in [0.4, 0.5) is 11.4 Å². The molecule has 8 nitrogen and oxygen atoms in total. The molecule has 4 rings (SSSR count). The number of fused-ring (bicyclic) bond motifs is 1. The molecule has 1 aliphatic heterocycles. The van der Waals surface area contributed by atoms with Crippen molar-refractivity contribution in [2.24, 2.45) is 5.92 Å². The van der Waals surface area contributed by atoms with Gasteiger partial charge in [-0.15, -0.1) is 0 Å². The number of rotatable bonds is 7. The average Bonchev–Trinajstić information content (AvgIpc) is 3.23. The van der Waals surface area contributed by atoms with E-state index < -0.39 is 24.4 Å². The van der Waals surface area contributed by atoms with E-state index in [1.807, 2.05) is 36.4 Å². The van der Waals surface area contributed by atoms with Crippen LogP contribution in [0.1, 0.15) is 6.42 Å². The van der Waals surface area contributed by atoms with E-state index in [2.05, 4.69) is 5.32 Å². The van der Waals surface area contributed by atoms with Crippen LogP contribution in [0.15, 0.2) is 60.7 Å². The highest BCUT2D eigenvalue weighted by Crippen LogP contribution is 2.36. The summed E-state index contributed by atoms with van der Waals surface area (Å²) >= 11 is 0. The Kier molecular flexibility index (Phi) is 6.44. The number of anilines is 2. The van der Waals surface area contributed by atoms with Gasteiger partial charge in [0.05, 0.1) is 25.8 Å². The van der Waals surface area contributed by atoms with Crippen molar-refractivity contribution in [2.45, 2.75) is 6.42 Å². The van der Waals surface area contributed by atoms with Crippen LogP contribution < -0.4 is 19.7 Å². The standard InChI is InChI=1S/C25H24N2O6/c1-31-18-10-11-21(22(13-18)32-2)27-14-17(12-24(27)29)25(30)33-15-23(28)26-20-9-5-7-16-6-3-4-8-19(16)20/h3-11,13,17H,12,14-15H2,1-2H3,(H,26,28)/t17-/m1/s1. The van der Waals surface area contributed by atoms with Crippen LogP contribution in [0.25, 0.3) is 10.8 Å². The molecular weight excluding hydrogens is 424 g/mol. The van der Waals surface area contributed by atoms with Crippen LogP contribution in [0, 0.1) is 5.92 Å². The second-order valence-corrected chi connectivity index (χ2v) is 7.63. The summed E-state index contributed by atoms with van der Waals surface area (Å²) in [6.07, 6.45) is -0.00103. The second kappa shape index (κ2) is 9.60. The van der Waals surface area contributed by atoms with Gasteiger partial charge in [-0.1, -0.05) is 36.4 Å². The van der Waals surface area contributed by atoms with Crippen LogP contribution in [0.3, 0.4) is 0 Å². The van der Waals surface area contributed by atoms with E-state index in [1.165, 1.54) is 19.1 Å². The lowest BCUT2D eigenvalue weighted by Gasteiger charge is -2.20. The minimum absolute atomic E-state index is 0.00103. The van der Waals surface area contributed by atoms with Crippen LogP contribution >= 0.6 is 0 Å². The first kappa shape index (κ1) is 22.1. The van der Waals surface area contributed by atoms with Gasteiger partial charge in [-0.3, -0.25) is 14.4 Å². The third kappa shape index (κ3) is 4.74. The summed E-state index contributed by atoms with van der Waals surface area (Å²) in [5.74, 6) is -0.874. The van der Waals surface area contributed by atoms with E-state index in [9.17, 15) is 14.4 Å². The molecule has 0 unspecified atom stereocenters. The summed E-state index contributed by atoms with van der Waals surface area (Å²) in [7, 11) is 3.04. The molecule has 1 aliphatic rings. The fraction of sp³-hybridized carbons (Fsp3) is 0.240. The molecule has 0 aliphatic carbocycles. The highest BCUT2D eigenvalue weighted by molar-refractivity contribution is 6.03. The van der Waals surface area contributed by atoms with E-state index >= 15 is 0 Å². The maximum absolute atomic E-state index is 12.6. The molecule has 1 fully saturated rings. The number of hydrogen-bond donors (Lipinski definition) is 1. The molecule has 3 aromatic rings. The number of ether oxygens (including phenoxy) is 3. The molecule has 0 saturated carbocycles. The van der Waals surface area contributed by atoms with Gasteiger partial charge < -0.3 is 24.4 Å². The number of hydrogen-bond acceptors (Lipinski definition) is 6. The fourth-order valence-corrected chi connectivity index (χ4v) is 3.88. The number of carbonyl (C=O) groups is 3. The Morgan fingerprint density at radius 2 is 1.82 bits per heavy atom. The zero-order valence-electron chi connectivity index (χ0n) is 18.4. The molecule has 33 heavy (non-hydrogen) atoms. The number of benzene rings is 3. The maximum atomic E-state index is 12.6. The van der Waals surface area contributed by atoms with E-state index in [0.29, 0.717) is 22.9 Å². The van der Waals surface area contributed by atoms with Gasteiger partial charge in [0.15, 0.2) is 6.61 Å². The first-order valence-electron chi connectivity index (χ1n) is 10.5. The van der Waals surface area contributed by atoms with Crippen molar-refractivity contribution in [1.82, 2.24) is 0 Å². The number of amides is 2. The lowest BCUT2D eigenvalue weighted by Crippen LogP contribution is -2.28. The average molecular weight is 448 g/mol. The predicted molar refractivity (Wildman–Crippen MR) is 124 cm³/mol. The molecule has 0 spiro atoms. The molecule has 0 radical (unpaired) electrons. The van der Waals surface area contributed by atoms with Crippen molar-refractivity contribution in [3.63, 3.8) is 0 Å². The smallest absolute Gasteiger partial charge is 0.311 e. The molecule has 1 saturated heterocycles. The van der Waals surface area contributed by atoms with Gasteiger partial charge >= 0.3 is 5.97 Å². The maximum Gasteiger partial charge on any atom is 0.311 e. The Labute approximate surface area is 191 Å². The third-order valence-corrected chi connectivity index (χ3v) is 5.55. The molecule has 3 aromatic carbocycles. The normalized spacial score (nSPS) is 15.4. The van der Waals surface area contributed by atoms with Crippen LogP contribution in [-0.4, -0.2) is 45.2 Å². The van der Waals surface area contributed by atoms with E-state index in [0.717, 1.165) is 10.8 Å². The van der Waals surface area contributed by atoms with Gasteiger partial charge in [-0.25, -0.2) is 0 Å². The van der Waals surface area contributed by atoms with Crippen LogP contribution in [0.5, 0.6) is 11.5 Å². The Morgan fingerprint density at radius 3 is 2.61 bits per heavy atom. The summed E-state index contributed by atoms with van der Waals surface area (Å²) in [5.41, 5.74) is 1.19. The number of nitrogens with one attached hydrogen (secondary N) is 1. The van der Waals surface area contributed by atoms with Gasteiger partial charge in [0.2, 0.25) is 5.91 Å². The Balaban J connectivity index is 1.36. The molecule has 0 bridgehead atoms. The molecule has 1 N–H and O–H groups in total. The molecule has 1 atom stereocenters. The van der Waals surface area contributed by atoms with Crippen LogP contribution in [0.2, 0.25) is 0 Å². The highest BCUT2D eigenvalue weighted by Gasteiger charge is 2.37. The van der Waals surface area contributed by atoms with Crippen molar-refractivity contribution in [3.8, 4) is 11.5 Å². The Hall–Kier alpha value is -4.07. The highest BCUT2D eigenvalue weighted by atomic mass is 16.5. The molecule has 8 heteroatoms. The van der Waals surface area contributed by atoms with Crippen molar-refractivity contribution in [2.75, 3.05) is 37.6 Å². The Morgan fingerprint density at radius 1 is 1.03 bits per heavy atom. The van der Waals surface area contributed by atoms with E-state index in [4.69, 9.17) is 14.2 Å². The van der Waals surface area contributed by atoms with Gasteiger partial charge in [0.1, 0.15) is 11.5 Å². The van der Waals surface area contributed by atoms with Crippen molar-refractivity contribution < 1.29 is 28.6 Å². The van der Waals surface area contributed by atoms with E-state index in [-0.39, 0.29) is 18.9 Å². The topological polar surface area (TPSA) is 94.2 Å². The SMILES string of the molecule is COc1ccc(N2C[C@H](C(=O)OCC(=O)Nc3cccc4ccccc34)CC2=O)c(OC)c1. The fourth-order valence-electron chi connectivity index (χ4n) is 3.88. The van der Waals surface area contributed by atoms with Gasteiger partial charge in [-0.05, 0) is 23.6 Å². The summed E-state index contributed by atoms with van der Waals surface area (Å²) in [4.78, 5) is 39.0. The summed E-state index contributed by atoms with van der Waals surface area (Å²) in [6.45, 7) is -0.288. The van der Waals surface area contributed by atoms with Gasteiger partial charge in [0, 0.05) is 30.1 Å². The number of nitrogens with zero attached hydrogens (tertiary/aromatic N) is 1. The van der Waals surface area contributed by atoms with E-state index in [1.54, 1.807) is 24.3 Å². The molecule has 1 heterocycles. The minimum Gasteiger partial charge on any atom is -0.497 e. The summed E-state index contributed by atoms with van der Waals surface area (Å²) in [5, 5.41) is 4.66. The molecule has 0 aromatic heterocycles.